The lowest BCUT2D eigenvalue weighted by Crippen LogP contribution is -2.15. The molecule has 0 atom stereocenters. The van der Waals surface area contributed by atoms with Gasteiger partial charge in [0.25, 0.3) is 5.92 Å². The second kappa shape index (κ2) is 5.92. The molecule has 0 radical (unpaired) electrons. The molecule has 90 valence electrons. The molecule has 4 N–H and O–H groups in total. The average Bonchev–Trinajstić information content (AvgIpc) is 2.28. The van der Waals surface area contributed by atoms with Gasteiger partial charge in [-0.15, -0.1) is 0 Å². The van der Waals surface area contributed by atoms with E-state index in [0.717, 1.165) is 5.56 Å². The van der Waals surface area contributed by atoms with Crippen molar-refractivity contribution < 1.29 is 8.78 Å². The zero-order valence-electron chi connectivity index (χ0n) is 9.26. The number of nitrogens with two attached hydrogens (primary N) is 2. The molecule has 0 aliphatic carbocycles. The van der Waals surface area contributed by atoms with E-state index >= 15 is 0 Å². The van der Waals surface area contributed by atoms with Gasteiger partial charge in [-0.05, 0) is 31.5 Å². The molecule has 0 fully saturated rings. The summed E-state index contributed by atoms with van der Waals surface area (Å²) in [6.45, 7) is 0.823. The number of benzene rings is 1. The first kappa shape index (κ1) is 13.1. The van der Waals surface area contributed by atoms with Crippen molar-refractivity contribution in [3.05, 3.63) is 35.4 Å². The molecule has 0 aliphatic rings. The summed E-state index contributed by atoms with van der Waals surface area (Å²) in [4.78, 5) is 0. The van der Waals surface area contributed by atoms with Crippen LogP contribution in [0.25, 0.3) is 0 Å². The van der Waals surface area contributed by atoms with Crippen LogP contribution in [0, 0.1) is 0 Å². The lowest BCUT2D eigenvalue weighted by atomic mass is 10.0. The highest BCUT2D eigenvalue weighted by molar-refractivity contribution is 5.26. The molecule has 1 aromatic carbocycles. The number of hydrogen-bond donors (Lipinski definition) is 2. The fourth-order valence-corrected chi connectivity index (χ4v) is 1.55. The van der Waals surface area contributed by atoms with Crippen molar-refractivity contribution in [3.8, 4) is 0 Å². The number of rotatable bonds is 6. The van der Waals surface area contributed by atoms with Crippen LogP contribution in [-0.2, 0) is 12.3 Å². The molecule has 0 aliphatic heterocycles. The third-order valence-electron chi connectivity index (χ3n) is 2.50. The molecule has 0 spiro atoms. The van der Waals surface area contributed by atoms with Gasteiger partial charge in [0.1, 0.15) is 0 Å². The van der Waals surface area contributed by atoms with E-state index in [-0.39, 0.29) is 12.0 Å². The van der Waals surface area contributed by atoms with E-state index in [0.29, 0.717) is 25.9 Å². The van der Waals surface area contributed by atoms with Crippen LogP contribution in [0.5, 0.6) is 0 Å². The molecule has 1 aromatic rings. The molecule has 0 amide bonds. The molecule has 0 unspecified atom stereocenters. The summed E-state index contributed by atoms with van der Waals surface area (Å²) >= 11 is 0. The van der Waals surface area contributed by atoms with E-state index in [1.165, 1.54) is 12.1 Å². The van der Waals surface area contributed by atoms with Gasteiger partial charge >= 0.3 is 0 Å². The molecule has 0 bridgehead atoms. The first-order valence-electron chi connectivity index (χ1n) is 5.47. The molecule has 0 saturated heterocycles. The van der Waals surface area contributed by atoms with Gasteiger partial charge in [-0.1, -0.05) is 24.3 Å². The van der Waals surface area contributed by atoms with Crippen molar-refractivity contribution in [2.45, 2.75) is 25.2 Å². The molecule has 2 nitrogen and oxygen atoms in total. The van der Waals surface area contributed by atoms with Crippen LogP contribution in [0.1, 0.15) is 24.0 Å². The summed E-state index contributed by atoms with van der Waals surface area (Å²) in [6.07, 6.45) is 0.853. The van der Waals surface area contributed by atoms with E-state index in [2.05, 4.69) is 0 Å². The summed E-state index contributed by atoms with van der Waals surface area (Å²) in [6, 6.07) is 6.36. The van der Waals surface area contributed by atoms with E-state index in [1.807, 2.05) is 0 Å². The first-order chi connectivity index (χ1) is 7.60. The van der Waals surface area contributed by atoms with Crippen LogP contribution in [0.2, 0.25) is 0 Å². The quantitative estimate of drug-likeness (QED) is 0.782. The van der Waals surface area contributed by atoms with Crippen molar-refractivity contribution in [2.24, 2.45) is 11.5 Å². The average molecular weight is 228 g/mol. The summed E-state index contributed by atoms with van der Waals surface area (Å²) in [7, 11) is 0. The summed E-state index contributed by atoms with van der Waals surface area (Å²) < 4.78 is 27.2. The highest BCUT2D eigenvalue weighted by Crippen LogP contribution is 2.32. The Balaban J connectivity index is 2.71. The Labute approximate surface area is 94.6 Å². The number of halogens is 2. The standard InChI is InChI=1S/C12H18F2N2/c13-12(14,7-1-8-15)11-4-2-10(3-5-11)6-9-16/h2-5H,1,6-9,15-16H2. The molecular formula is C12H18F2N2. The maximum Gasteiger partial charge on any atom is 0.273 e. The predicted octanol–water partition coefficient (Wildman–Crippen LogP) is 2.02. The maximum absolute atomic E-state index is 13.6. The highest BCUT2D eigenvalue weighted by Gasteiger charge is 2.30. The number of alkyl halides is 2. The van der Waals surface area contributed by atoms with Crippen LogP contribution in [0.15, 0.2) is 24.3 Å². The third kappa shape index (κ3) is 3.54. The van der Waals surface area contributed by atoms with Gasteiger partial charge < -0.3 is 11.5 Å². The highest BCUT2D eigenvalue weighted by atomic mass is 19.3. The van der Waals surface area contributed by atoms with Crippen LogP contribution < -0.4 is 11.5 Å². The Bertz CT molecular complexity index is 309. The minimum atomic E-state index is -2.78. The minimum absolute atomic E-state index is 0.0571. The van der Waals surface area contributed by atoms with Crippen molar-refractivity contribution in [2.75, 3.05) is 13.1 Å². The van der Waals surface area contributed by atoms with Gasteiger partial charge in [-0.2, -0.15) is 0 Å². The van der Waals surface area contributed by atoms with E-state index in [1.54, 1.807) is 12.1 Å². The van der Waals surface area contributed by atoms with Crippen LogP contribution in [0.4, 0.5) is 8.78 Å². The Hall–Kier alpha value is -1.00. The minimum Gasteiger partial charge on any atom is -0.330 e. The normalized spacial score (nSPS) is 11.8. The van der Waals surface area contributed by atoms with Gasteiger partial charge in [0.05, 0.1) is 0 Å². The summed E-state index contributed by atoms with van der Waals surface area (Å²) in [5.74, 6) is -2.78. The van der Waals surface area contributed by atoms with Gasteiger partial charge in [0.2, 0.25) is 0 Å². The Kier molecular flexibility index (Phi) is 4.83. The smallest absolute Gasteiger partial charge is 0.273 e. The van der Waals surface area contributed by atoms with E-state index in [4.69, 9.17) is 11.5 Å². The van der Waals surface area contributed by atoms with Gasteiger partial charge in [-0.3, -0.25) is 0 Å². The Morgan fingerprint density at radius 2 is 1.62 bits per heavy atom. The summed E-state index contributed by atoms with van der Waals surface area (Å²) in [5, 5.41) is 0. The van der Waals surface area contributed by atoms with Crippen LogP contribution >= 0.6 is 0 Å². The first-order valence-corrected chi connectivity index (χ1v) is 5.47. The molecular weight excluding hydrogens is 210 g/mol. The zero-order valence-corrected chi connectivity index (χ0v) is 9.26. The molecule has 16 heavy (non-hydrogen) atoms. The van der Waals surface area contributed by atoms with E-state index in [9.17, 15) is 8.78 Å². The number of hydrogen-bond acceptors (Lipinski definition) is 2. The van der Waals surface area contributed by atoms with E-state index < -0.39 is 5.92 Å². The molecule has 0 aromatic heterocycles. The second-order valence-electron chi connectivity index (χ2n) is 3.83. The van der Waals surface area contributed by atoms with Gasteiger partial charge in [0.15, 0.2) is 0 Å². The third-order valence-corrected chi connectivity index (χ3v) is 2.50. The zero-order chi connectivity index (χ0) is 12.0. The SMILES string of the molecule is NCCCC(F)(F)c1ccc(CCN)cc1. The predicted molar refractivity (Wildman–Crippen MR) is 61.4 cm³/mol. The molecule has 1 rings (SSSR count). The topological polar surface area (TPSA) is 52.0 Å². The Morgan fingerprint density at radius 1 is 1.00 bits per heavy atom. The van der Waals surface area contributed by atoms with Crippen molar-refractivity contribution in [3.63, 3.8) is 0 Å². The molecule has 4 heteroatoms. The lowest BCUT2D eigenvalue weighted by Gasteiger charge is -2.16. The van der Waals surface area contributed by atoms with Crippen LogP contribution in [-0.4, -0.2) is 13.1 Å². The van der Waals surface area contributed by atoms with Crippen molar-refractivity contribution in [1.29, 1.82) is 0 Å². The van der Waals surface area contributed by atoms with Crippen molar-refractivity contribution >= 4 is 0 Å². The fraction of sp³-hybridized carbons (Fsp3) is 0.500. The molecule has 0 heterocycles. The van der Waals surface area contributed by atoms with Crippen LogP contribution in [0.3, 0.4) is 0 Å². The van der Waals surface area contributed by atoms with Gasteiger partial charge in [0, 0.05) is 12.0 Å². The van der Waals surface area contributed by atoms with Gasteiger partial charge in [-0.25, -0.2) is 8.78 Å². The summed E-state index contributed by atoms with van der Waals surface area (Å²) in [5.41, 5.74) is 11.7. The maximum atomic E-state index is 13.6. The lowest BCUT2D eigenvalue weighted by molar-refractivity contribution is -0.0146. The monoisotopic (exact) mass is 228 g/mol. The largest absolute Gasteiger partial charge is 0.330 e. The molecule has 0 saturated carbocycles. The van der Waals surface area contributed by atoms with Crippen molar-refractivity contribution in [1.82, 2.24) is 0 Å². The fourth-order valence-electron chi connectivity index (χ4n) is 1.55. The Morgan fingerprint density at radius 3 is 2.12 bits per heavy atom. The second-order valence-corrected chi connectivity index (χ2v) is 3.83.